The second-order valence-electron chi connectivity index (χ2n) is 7.74. The number of hydrogen-bond acceptors (Lipinski definition) is 3. The van der Waals surface area contributed by atoms with Crippen LogP contribution in [0.4, 0.5) is 32.4 Å². The third kappa shape index (κ3) is 5.56. The van der Waals surface area contributed by atoms with Gasteiger partial charge < -0.3 is 10.2 Å². The summed E-state index contributed by atoms with van der Waals surface area (Å²) in [6, 6.07) is -0.327. The molecule has 2 rings (SSSR count). The molecule has 12 heteroatoms. The van der Waals surface area contributed by atoms with E-state index in [0.29, 0.717) is 25.0 Å². The van der Waals surface area contributed by atoms with Gasteiger partial charge >= 0.3 is 12.2 Å². The smallest absolute Gasteiger partial charge is 0.324 e. The number of amides is 2. The van der Waals surface area contributed by atoms with Crippen LogP contribution >= 0.6 is 0 Å². The zero-order valence-electron chi connectivity index (χ0n) is 16.0. The highest BCUT2D eigenvalue weighted by Crippen LogP contribution is 2.35. The summed E-state index contributed by atoms with van der Waals surface area (Å²) >= 11 is 0. The first-order chi connectivity index (χ1) is 13.1. The van der Waals surface area contributed by atoms with Gasteiger partial charge in [-0.15, -0.1) is 0 Å². The van der Waals surface area contributed by atoms with Gasteiger partial charge in [-0.3, -0.25) is 0 Å². The number of likely N-dealkylation sites (tertiary alicyclic amines) is 1. The minimum absolute atomic E-state index is 0.161. The molecule has 164 valence electrons. The zero-order chi connectivity index (χ0) is 22.2. The lowest BCUT2D eigenvalue weighted by molar-refractivity contribution is -0.142. The number of alkyl halides is 3. The predicted molar refractivity (Wildman–Crippen MR) is 96.8 cm³/mol. The first-order valence-electron chi connectivity index (χ1n) is 8.76. The molecule has 1 aromatic carbocycles. The molecule has 2 N–H and O–H groups in total. The van der Waals surface area contributed by atoms with Crippen LogP contribution in [0.5, 0.6) is 0 Å². The Balaban J connectivity index is 1.99. The Morgan fingerprint density at radius 3 is 1.97 bits per heavy atom. The average molecular weight is 443 g/mol. The maximum atomic E-state index is 13.6. The summed E-state index contributed by atoms with van der Waals surface area (Å²) in [4.78, 5) is 13.5. The molecule has 0 spiro atoms. The molecule has 1 aliphatic heterocycles. The zero-order valence-corrected chi connectivity index (χ0v) is 16.8. The van der Waals surface area contributed by atoms with Gasteiger partial charge in [0.1, 0.15) is 17.2 Å². The topological polar surface area (TPSA) is 78.5 Å². The van der Waals surface area contributed by atoms with E-state index in [1.165, 1.54) is 4.90 Å². The summed E-state index contributed by atoms with van der Waals surface area (Å²) in [5, 5.41) is 2.16. The van der Waals surface area contributed by atoms with Gasteiger partial charge in [0.2, 0.25) is 10.0 Å². The third-order valence-electron chi connectivity index (χ3n) is 4.49. The molecule has 0 aromatic heterocycles. The summed E-state index contributed by atoms with van der Waals surface area (Å²) in [6.07, 6.45) is -4.56. The molecular formula is C17H22F5N3O3S. The lowest BCUT2D eigenvalue weighted by Gasteiger charge is -2.33. The standard InChI is InChI=1S/C17H22F5N3O3S/c1-16(2,3)29(27,28)24-10-4-6-25(7-5-10)15(26)23-11-8-12(18)14(13(19)9-11)17(20,21)22/h8-10,24H,4-7H2,1-3H3,(H,23,26). The maximum absolute atomic E-state index is 13.6. The van der Waals surface area contributed by atoms with Crippen molar-refractivity contribution in [1.29, 1.82) is 0 Å². The fourth-order valence-electron chi connectivity index (χ4n) is 2.72. The highest BCUT2D eigenvalue weighted by atomic mass is 32.2. The number of rotatable bonds is 3. The van der Waals surface area contributed by atoms with E-state index in [1.807, 2.05) is 0 Å². The summed E-state index contributed by atoms with van der Waals surface area (Å²) in [5.74, 6) is -3.66. The largest absolute Gasteiger partial charge is 0.422 e. The second-order valence-corrected chi connectivity index (χ2v) is 10.2. The average Bonchev–Trinajstić information content (AvgIpc) is 2.51. The van der Waals surface area contributed by atoms with E-state index < -0.39 is 49.9 Å². The molecule has 0 unspecified atom stereocenters. The Bertz CT molecular complexity index is 850. The van der Waals surface area contributed by atoms with Gasteiger partial charge in [0.25, 0.3) is 0 Å². The van der Waals surface area contributed by atoms with Gasteiger partial charge in [-0.05, 0) is 45.7 Å². The number of carbonyl (C=O) groups excluding carboxylic acids is 1. The molecule has 1 fully saturated rings. The number of nitrogens with one attached hydrogen (secondary N) is 2. The van der Waals surface area contributed by atoms with Gasteiger partial charge in [-0.25, -0.2) is 26.7 Å². The van der Waals surface area contributed by atoms with Crippen molar-refractivity contribution in [2.45, 2.75) is 50.6 Å². The Labute approximate surface area is 165 Å². The summed E-state index contributed by atoms with van der Waals surface area (Å²) in [6.45, 7) is 4.99. The molecule has 0 aliphatic carbocycles. The normalized spacial score (nSPS) is 16.8. The van der Waals surface area contributed by atoms with Crippen LogP contribution in [0.2, 0.25) is 0 Å². The van der Waals surface area contributed by atoms with Crippen molar-refractivity contribution in [2.24, 2.45) is 0 Å². The number of benzene rings is 1. The Morgan fingerprint density at radius 1 is 1.07 bits per heavy atom. The third-order valence-corrected chi connectivity index (χ3v) is 6.74. The van der Waals surface area contributed by atoms with Crippen LogP contribution in [0.15, 0.2) is 12.1 Å². The van der Waals surface area contributed by atoms with Gasteiger partial charge in [-0.1, -0.05) is 0 Å². The van der Waals surface area contributed by atoms with Crippen molar-refractivity contribution in [3.05, 3.63) is 29.3 Å². The monoisotopic (exact) mass is 443 g/mol. The number of hydrogen-bond donors (Lipinski definition) is 2. The van der Waals surface area contributed by atoms with E-state index in [2.05, 4.69) is 10.0 Å². The van der Waals surface area contributed by atoms with Crippen LogP contribution in [0.3, 0.4) is 0 Å². The number of carbonyl (C=O) groups is 1. The Kier molecular flexibility index (Phi) is 6.48. The quantitative estimate of drug-likeness (QED) is 0.700. The van der Waals surface area contributed by atoms with Crippen LogP contribution < -0.4 is 10.0 Å². The van der Waals surface area contributed by atoms with E-state index >= 15 is 0 Å². The van der Waals surface area contributed by atoms with Crippen molar-refractivity contribution in [1.82, 2.24) is 9.62 Å². The maximum Gasteiger partial charge on any atom is 0.422 e. The molecule has 1 aromatic rings. The van der Waals surface area contributed by atoms with Gasteiger partial charge in [0, 0.05) is 24.8 Å². The van der Waals surface area contributed by atoms with E-state index in [-0.39, 0.29) is 19.1 Å². The summed E-state index contributed by atoms with van der Waals surface area (Å²) in [5.41, 5.74) is -2.48. The van der Waals surface area contributed by atoms with Crippen LogP contribution in [0.1, 0.15) is 39.2 Å². The molecular weight excluding hydrogens is 421 g/mol. The minimum Gasteiger partial charge on any atom is -0.324 e. The molecule has 1 aliphatic rings. The highest BCUT2D eigenvalue weighted by Gasteiger charge is 2.38. The number of piperidine rings is 1. The molecule has 0 atom stereocenters. The molecule has 6 nitrogen and oxygen atoms in total. The van der Waals surface area contributed by atoms with Crippen LogP contribution in [0.25, 0.3) is 0 Å². The number of nitrogens with zero attached hydrogens (tertiary/aromatic N) is 1. The Morgan fingerprint density at radius 2 is 1.55 bits per heavy atom. The number of halogens is 5. The Hall–Kier alpha value is -1.95. The van der Waals surface area contributed by atoms with Gasteiger partial charge in [0.05, 0.1) is 4.75 Å². The van der Waals surface area contributed by atoms with E-state index in [0.717, 1.165) is 0 Å². The number of urea groups is 1. The summed E-state index contributed by atoms with van der Waals surface area (Å²) < 4.78 is 91.0. The highest BCUT2D eigenvalue weighted by molar-refractivity contribution is 7.90. The molecule has 0 saturated carbocycles. The molecule has 2 amide bonds. The molecule has 29 heavy (non-hydrogen) atoms. The van der Waals surface area contributed by atoms with Crippen molar-refractivity contribution < 1.29 is 35.2 Å². The van der Waals surface area contributed by atoms with E-state index in [1.54, 1.807) is 20.8 Å². The SMILES string of the molecule is CC(C)(C)S(=O)(=O)NC1CCN(C(=O)Nc2cc(F)c(C(F)(F)F)c(F)c2)CC1. The summed E-state index contributed by atoms with van der Waals surface area (Å²) in [7, 11) is -3.55. The lowest BCUT2D eigenvalue weighted by Crippen LogP contribution is -2.50. The van der Waals surface area contributed by atoms with Crippen molar-refractivity contribution >= 4 is 21.7 Å². The molecule has 0 bridgehead atoms. The van der Waals surface area contributed by atoms with Crippen molar-refractivity contribution in [3.8, 4) is 0 Å². The molecule has 0 radical (unpaired) electrons. The fourth-order valence-corrected chi connectivity index (χ4v) is 3.74. The molecule has 1 saturated heterocycles. The minimum atomic E-state index is -5.20. The fraction of sp³-hybridized carbons (Fsp3) is 0.588. The first-order valence-corrected chi connectivity index (χ1v) is 10.2. The van der Waals surface area contributed by atoms with Gasteiger partial charge in [-0.2, -0.15) is 13.2 Å². The number of anilines is 1. The van der Waals surface area contributed by atoms with Gasteiger partial charge in [0.15, 0.2) is 0 Å². The van der Waals surface area contributed by atoms with Crippen molar-refractivity contribution in [2.75, 3.05) is 18.4 Å². The lowest BCUT2D eigenvalue weighted by atomic mass is 10.1. The van der Waals surface area contributed by atoms with Crippen molar-refractivity contribution in [3.63, 3.8) is 0 Å². The van der Waals surface area contributed by atoms with Crippen LogP contribution in [-0.4, -0.2) is 43.2 Å². The van der Waals surface area contributed by atoms with Crippen LogP contribution in [0, 0.1) is 11.6 Å². The second kappa shape index (κ2) is 8.05. The number of sulfonamides is 1. The van der Waals surface area contributed by atoms with Crippen LogP contribution in [-0.2, 0) is 16.2 Å². The van der Waals surface area contributed by atoms with E-state index in [4.69, 9.17) is 0 Å². The van der Waals surface area contributed by atoms with E-state index in [9.17, 15) is 35.2 Å². The predicted octanol–water partition coefficient (Wildman–Crippen LogP) is 3.70. The first kappa shape index (κ1) is 23.3. The molecule has 1 heterocycles.